The zero-order valence-corrected chi connectivity index (χ0v) is 20.0. The van der Waals surface area contributed by atoms with Crippen LogP contribution >= 0.6 is 46.3 Å². The van der Waals surface area contributed by atoms with Gasteiger partial charge in [-0.1, -0.05) is 65.3 Å². The summed E-state index contributed by atoms with van der Waals surface area (Å²) in [4.78, 5) is 23.7. The third-order valence-corrected chi connectivity index (χ3v) is 7.74. The second-order valence-electron chi connectivity index (χ2n) is 7.05. The number of amides is 1. The van der Waals surface area contributed by atoms with Crippen LogP contribution < -0.4 is 4.90 Å². The molecule has 0 saturated heterocycles. The van der Waals surface area contributed by atoms with E-state index in [1.165, 1.54) is 22.7 Å². The molecule has 5 rings (SSSR count). The molecule has 1 aliphatic rings. The normalized spacial score (nSPS) is 15.0. The fourth-order valence-corrected chi connectivity index (χ4v) is 5.58. The number of carbonyl (C=O) groups excluding carboxylic acids is 1. The van der Waals surface area contributed by atoms with Crippen molar-refractivity contribution in [2.24, 2.45) is 4.99 Å². The molecule has 0 atom stereocenters. The summed E-state index contributed by atoms with van der Waals surface area (Å²) in [6.07, 6.45) is 1.61. The largest absolute Gasteiger partial charge is 0.283 e. The molecular weight excluding hydrogens is 500 g/mol. The van der Waals surface area contributed by atoms with Crippen LogP contribution in [-0.4, -0.2) is 16.1 Å². The van der Waals surface area contributed by atoms with Gasteiger partial charge in [0.2, 0.25) is 0 Å². The third kappa shape index (κ3) is 4.54. The van der Waals surface area contributed by atoms with E-state index in [-0.39, 0.29) is 11.4 Å². The lowest BCUT2D eigenvalue weighted by Gasteiger charge is -2.18. The zero-order valence-electron chi connectivity index (χ0n) is 16.8. The number of anilines is 1. The van der Waals surface area contributed by atoms with Gasteiger partial charge in [0.25, 0.3) is 5.91 Å². The first kappa shape index (κ1) is 22.1. The standard InChI is InChI=1S/C24H14Cl2FN3OS2/c25-15-10-9-14(11-16(15)26)12-19-23(31)30(20-7-3-1-5-17(20)27)24(29-19)32-13-22-28-18-6-2-4-8-21(18)33-22/h1-12H,13H2/b19-12+. The number of halogens is 3. The molecular formula is C24H14Cl2FN3OS2. The summed E-state index contributed by atoms with van der Waals surface area (Å²) < 4.78 is 15.7. The number of rotatable bonds is 4. The van der Waals surface area contributed by atoms with E-state index in [9.17, 15) is 9.18 Å². The van der Waals surface area contributed by atoms with Gasteiger partial charge in [0, 0.05) is 0 Å². The predicted molar refractivity (Wildman–Crippen MR) is 137 cm³/mol. The number of hydrogen-bond acceptors (Lipinski definition) is 5. The Morgan fingerprint density at radius 3 is 2.61 bits per heavy atom. The number of fused-ring (bicyclic) bond motifs is 1. The highest BCUT2D eigenvalue weighted by molar-refractivity contribution is 8.13. The summed E-state index contributed by atoms with van der Waals surface area (Å²) in [5.74, 6) is -0.427. The van der Waals surface area contributed by atoms with Crippen molar-refractivity contribution in [2.75, 3.05) is 4.90 Å². The zero-order chi connectivity index (χ0) is 22.9. The molecule has 0 spiro atoms. The number of thiazole rings is 1. The lowest BCUT2D eigenvalue weighted by molar-refractivity contribution is -0.113. The van der Waals surface area contributed by atoms with Crippen molar-refractivity contribution in [1.82, 2.24) is 4.98 Å². The average molecular weight is 514 g/mol. The van der Waals surface area contributed by atoms with Crippen LogP contribution in [0.3, 0.4) is 0 Å². The molecule has 1 aliphatic heterocycles. The van der Waals surface area contributed by atoms with E-state index in [2.05, 4.69) is 9.98 Å². The maximum atomic E-state index is 14.6. The topological polar surface area (TPSA) is 45.6 Å². The number of para-hydroxylation sites is 2. The van der Waals surface area contributed by atoms with E-state index in [1.807, 2.05) is 24.3 Å². The number of thioether (sulfide) groups is 1. The highest BCUT2D eigenvalue weighted by atomic mass is 35.5. The Bertz CT molecular complexity index is 1420. The van der Waals surface area contributed by atoms with Gasteiger partial charge in [-0.15, -0.1) is 11.3 Å². The molecule has 0 aliphatic carbocycles. The van der Waals surface area contributed by atoms with E-state index in [4.69, 9.17) is 23.2 Å². The van der Waals surface area contributed by atoms with E-state index >= 15 is 0 Å². The van der Waals surface area contributed by atoms with Crippen LogP contribution in [0.15, 0.2) is 77.4 Å². The molecule has 4 aromatic rings. The number of carbonyl (C=O) groups is 1. The highest BCUT2D eigenvalue weighted by Gasteiger charge is 2.33. The molecule has 4 nitrogen and oxygen atoms in total. The van der Waals surface area contributed by atoms with Crippen molar-refractivity contribution in [3.8, 4) is 0 Å². The van der Waals surface area contributed by atoms with Gasteiger partial charge >= 0.3 is 0 Å². The predicted octanol–water partition coefficient (Wildman–Crippen LogP) is 7.42. The lowest BCUT2D eigenvalue weighted by Crippen LogP contribution is -2.31. The van der Waals surface area contributed by atoms with E-state index in [1.54, 1.807) is 53.8 Å². The van der Waals surface area contributed by atoms with Gasteiger partial charge in [0.15, 0.2) is 5.17 Å². The Kier molecular flexibility index (Phi) is 6.21. The Morgan fingerprint density at radius 2 is 1.82 bits per heavy atom. The number of aromatic nitrogens is 1. The van der Waals surface area contributed by atoms with Crippen LogP contribution in [0.1, 0.15) is 10.6 Å². The average Bonchev–Trinajstić information content (AvgIpc) is 3.36. The van der Waals surface area contributed by atoms with Crippen molar-refractivity contribution >= 4 is 79.4 Å². The second-order valence-corrected chi connectivity index (χ2v) is 9.93. The summed E-state index contributed by atoms with van der Waals surface area (Å²) in [6, 6.07) is 19.1. The number of amidine groups is 1. The molecule has 33 heavy (non-hydrogen) atoms. The van der Waals surface area contributed by atoms with E-state index < -0.39 is 11.7 Å². The first-order chi connectivity index (χ1) is 16.0. The molecule has 0 unspecified atom stereocenters. The van der Waals surface area contributed by atoms with Gasteiger partial charge in [0.1, 0.15) is 16.5 Å². The van der Waals surface area contributed by atoms with Gasteiger partial charge in [-0.25, -0.2) is 14.4 Å². The van der Waals surface area contributed by atoms with Crippen LogP contribution in [0.5, 0.6) is 0 Å². The first-order valence-corrected chi connectivity index (χ1v) is 12.4. The number of hydrogen-bond donors (Lipinski definition) is 0. The fraction of sp³-hybridized carbons (Fsp3) is 0.0417. The fourth-order valence-electron chi connectivity index (χ4n) is 3.31. The molecule has 0 fully saturated rings. The quantitative estimate of drug-likeness (QED) is 0.266. The van der Waals surface area contributed by atoms with E-state index in [0.717, 1.165) is 15.2 Å². The van der Waals surface area contributed by atoms with Crippen molar-refractivity contribution in [1.29, 1.82) is 0 Å². The molecule has 0 N–H and O–H groups in total. The minimum Gasteiger partial charge on any atom is -0.266 e. The van der Waals surface area contributed by atoms with Gasteiger partial charge < -0.3 is 0 Å². The monoisotopic (exact) mass is 513 g/mol. The lowest BCUT2D eigenvalue weighted by atomic mass is 10.2. The summed E-state index contributed by atoms with van der Waals surface area (Å²) in [7, 11) is 0. The van der Waals surface area contributed by atoms with Crippen LogP contribution in [-0.2, 0) is 10.5 Å². The molecule has 0 saturated carbocycles. The van der Waals surface area contributed by atoms with Crippen LogP contribution in [0.2, 0.25) is 10.0 Å². The number of aliphatic imine (C=N–C) groups is 1. The van der Waals surface area contributed by atoms with Crippen molar-refractivity contribution in [3.05, 3.63) is 98.9 Å². The molecule has 1 amide bonds. The molecule has 1 aromatic heterocycles. The smallest absolute Gasteiger partial charge is 0.266 e. The van der Waals surface area contributed by atoms with Crippen molar-refractivity contribution in [3.63, 3.8) is 0 Å². The first-order valence-electron chi connectivity index (χ1n) is 9.81. The van der Waals surface area contributed by atoms with Crippen LogP contribution in [0.25, 0.3) is 16.3 Å². The molecule has 0 radical (unpaired) electrons. The Balaban J connectivity index is 1.49. The minimum atomic E-state index is -0.505. The molecule has 3 aromatic carbocycles. The summed E-state index contributed by atoms with van der Waals surface area (Å²) in [5, 5.41) is 2.07. The van der Waals surface area contributed by atoms with Crippen molar-refractivity contribution < 1.29 is 9.18 Å². The van der Waals surface area contributed by atoms with Gasteiger partial charge in [-0.3, -0.25) is 9.69 Å². The maximum absolute atomic E-state index is 14.6. The number of nitrogens with zero attached hydrogens (tertiary/aromatic N) is 3. The van der Waals surface area contributed by atoms with Gasteiger partial charge in [0.05, 0.1) is 31.7 Å². The second kappa shape index (κ2) is 9.27. The minimum absolute atomic E-state index is 0.149. The SMILES string of the molecule is O=C1/C(=C\c2ccc(Cl)c(Cl)c2)N=C(SCc2nc3ccccc3s2)N1c1ccccc1F. The van der Waals surface area contributed by atoms with Gasteiger partial charge in [-0.05, 0) is 48.0 Å². The third-order valence-electron chi connectivity index (χ3n) is 4.83. The molecule has 9 heteroatoms. The maximum Gasteiger partial charge on any atom is 0.283 e. The van der Waals surface area contributed by atoms with Crippen LogP contribution in [0, 0.1) is 5.82 Å². The van der Waals surface area contributed by atoms with E-state index in [0.29, 0.717) is 26.5 Å². The number of benzene rings is 3. The van der Waals surface area contributed by atoms with Gasteiger partial charge in [-0.2, -0.15) is 0 Å². The summed E-state index contributed by atoms with van der Waals surface area (Å²) >= 11 is 15.0. The highest BCUT2D eigenvalue weighted by Crippen LogP contribution is 2.34. The Morgan fingerprint density at radius 1 is 1.03 bits per heavy atom. The summed E-state index contributed by atoms with van der Waals surface area (Å²) in [5.41, 5.74) is 1.93. The molecule has 0 bridgehead atoms. The van der Waals surface area contributed by atoms with Crippen molar-refractivity contribution in [2.45, 2.75) is 5.75 Å². The Labute approximate surface area is 207 Å². The van der Waals surface area contributed by atoms with Crippen LogP contribution in [0.4, 0.5) is 10.1 Å². The summed E-state index contributed by atoms with van der Waals surface area (Å²) in [6.45, 7) is 0. The Hall–Kier alpha value is -2.71. The molecule has 164 valence electrons. The molecule has 2 heterocycles.